The fourth-order valence-corrected chi connectivity index (χ4v) is 1.34. The summed E-state index contributed by atoms with van der Waals surface area (Å²) < 4.78 is 0. The van der Waals surface area contributed by atoms with Crippen molar-refractivity contribution in [3.63, 3.8) is 0 Å². The van der Waals surface area contributed by atoms with Crippen molar-refractivity contribution in [1.82, 2.24) is 4.98 Å². The number of H-pyrrole nitrogens is 1. The van der Waals surface area contributed by atoms with Crippen LogP contribution in [0, 0.1) is 0 Å². The van der Waals surface area contributed by atoms with Crippen molar-refractivity contribution in [3.8, 4) is 0 Å². The van der Waals surface area contributed by atoms with Crippen LogP contribution in [0.25, 0.3) is 10.9 Å². The number of aromatic amines is 1. The standard InChI is InChI=1S/C9H7NOS/c11-9-4-2-6-1-3-7(12)5-8(6)10-9/h1-5,12H,(H,10,11). The molecule has 2 nitrogen and oxygen atoms in total. The number of aromatic nitrogens is 1. The third-order valence-corrected chi connectivity index (χ3v) is 1.99. The number of rotatable bonds is 0. The summed E-state index contributed by atoms with van der Waals surface area (Å²) in [6.07, 6.45) is 0. The van der Waals surface area contributed by atoms with Gasteiger partial charge in [-0.2, -0.15) is 0 Å². The molecule has 1 aromatic carbocycles. The Morgan fingerprint density at radius 2 is 1.92 bits per heavy atom. The molecule has 1 N–H and O–H groups in total. The van der Waals surface area contributed by atoms with E-state index in [1.807, 2.05) is 18.2 Å². The molecule has 2 rings (SSSR count). The van der Waals surface area contributed by atoms with Gasteiger partial charge < -0.3 is 4.98 Å². The van der Waals surface area contributed by atoms with Crippen LogP contribution in [0.5, 0.6) is 0 Å². The minimum atomic E-state index is -0.0820. The Hall–Kier alpha value is -1.22. The average Bonchev–Trinajstić information content (AvgIpc) is 2.03. The van der Waals surface area contributed by atoms with Crippen molar-refractivity contribution in [3.05, 3.63) is 40.7 Å². The molecule has 0 saturated heterocycles. The Balaban J connectivity index is 2.89. The van der Waals surface area contributed by atoms with Crippen LogP contribution in [-0.4, -0.2) is 4.98 Å². The summed E-state index contributed by atoms with van der Waals surface area (Å²) in [6, 6.07) is 8.96. The Bertz CT molecular complexity index is 475. The van der Waals surface area contributed by atoms with Crippen LogP contribution < -0.4 is 5.56 Å². The second-order valence-electron chi connectivity index (χ2n) is 2.59. The van der Waals surface area contributed by atoms with E-state index in [1.165, 1.54) is 6.07 Å². The van der Waals surface area contributed by atoms with Crippen LogP contribution in [0.3, 0.4) is 0 Å². The van der Waals surface area contributed by atoms with E-state index in [9.17, 15) is 4.79 Å². The van der Waals surface area contributed by atoms with Gasteiger partial charge in [0.15, 0.2) is 0 Å². The van der Waals surface area contributed by atoms with E-state index in [1.54, 1.807) is 6.07 Å². The second-order valence-corrected chi connectivity index (χ2v) is 3.11. The molecule has 0 amide bonds. The largest absolute Gasteiger partial charge is 0.322 e. The first-order valence-electron chi connectivity index (χ1n) is 3.58. The van der Waals surface area contributed by atoms with E-state index in [0.717, 1.165) is 15.8 Å². The van der Waals surface area contributed by atoms with E-state index in [0.29, 0.717) is 0 Å². The topological polar surface area (TPSA) is 32.9 Å². The summed E-state index contributed by atoms with van der Waals surface area (Å²) in [5, 5.41) is 1.02. The van der Waals surface area contributed by atoms with Gasteiger partial charge in [-0.25, -0.2) is 0 Å². The van der Waals surface area contributed by atoms with Gasteiger partial charge >= 0.3 is 0 Å². The molecule has 0 atom stereocenters. The minimum absolute atomic E-state index is 0.0820. The minimum Gasteiger partial charge on any atom is -0.322 e. The molecule has 0 bridgehead atoms. The van der Waals surface area contributed by atoms with Crippen LogP contribution in [0.2, 0.25) is 0 Å². The van der Waals surface area contributed by atoms with Gasteiger partial charge in [0, 0.05) is 16.5 Å². The SMILES string of the molecule is O=c1ccc2ccc(S)cc2[nH]1. The van der Waals surface area contributed by atoms with Gasteiger partial charge in [-0.05, 0) is 23.6 Å². The predicted molar refractivity (Wildman–Crippen MR) is 51.8 cm³/mol. The van der Waals surface area contributed by atoms with E-state index in [2.05, 4.69) is 17.6 Å². The van der Waals surface area contributed by atoms with Crippen LogP contribution in [0.15, 0.2) is 40.0 Å². The van der Waals surface area contributed by atoms with Crippen molar-refractivity contribution in [2.75, 3.05) is 0 Å². The number of thiol groups is 1. The van der Waals surface area contributed by atoms with Crippen LogP contribution >= 0.6 is 12.6 Å². The number of hydrogen-bond acceptors (Lipinski definition) is 2. The Labute approximate surface area is 74.6 Å². The van der Waals surface area contributed by atoms with Crippen molar-refractivity contribution >= 4 is 23.5 Å². The first-order chi connectivity index (χ1) is 5.75. The van der Waals surface area contributed by atoms with Crippen LogP contribution in [-0.2, 0) is 0 Å². The zero-order chi connectivity index (χ0) is 8.55. The lowest BCUT2D eigenvalue weighted by atomic mass is 10.2. The number of hydrogen-bond donors (Lipinski definition) is 2. The Morgan fingerprint density at radius 3 is 2.75 bits per heavy atom. The highest BCUT2D eigenvalue weighted by atomic mass is 32.1. The maximum absolute atomic E-state index is 10.9. The highest BCUT2D eigenvalue weighted by Crippen LogP contribution is 2.13. The number of pyridine rings is 1. The molecule has 0 aliphatic heterocycles. The quantitative estimate of drug-likeness (QED) is 0.591. The summed E-state index contributed by atoms with van der Waals surface area (Å²) in [5.41, 5.74) is 0.747. The molecule has 2 aromatic rings. The molecule has 0 spiro atoms. The third-order valence-electron chi connectivity index (χ3n) is 1.71. The molecule has 0 fully saturated rings. The maximum Gasteiger partial charge on any atom is 0.248 e. The van der Waals surface area contributed by atoms with Crippen molar-refractivity contribution in [1.29, 1.82) is 0 Å². The highest BCUT2D eigenvalue weighted by molar-refractivity contribution is 7.80. The summed E-state index contributed by atoms with van der Waals surface area (Å²) in [5.74, 6) is 0. The summed E-state index contributed by atoms with van der Waals surface area (Å²) in [4.78, 5) is 14.5. The third kappa shape index (κ3) is 1.23. The van der Waals surface area contributed by atoms with E-state index < -0.39 is 0 Å². The average molecular weight is 177 g/mol. The van der Waals surface area contributed by atoms with Gasteiger partial charge in [-0.1, -0.05) is 6.07 Å². The number of fused-ring (bicyclic) bond motifs is 1. The monoisotopic (exact) mass is 177 g/mol. The van der Waals surface area contributed by atoms with E-state index in [4.69, 9.17) is 0 Å². The van der Waals surface area contributed by atoms with Gasteiger partial charge in [0.1, 0.15) is 0 Å². The van der Waals surface area contributed by atoms with E-state index in [-0.39, 0.29) is 5.56 Å². The fourth-order valence-electron chi connectivity index (χ4n) is 1.14. The fraction of sp³-hybridized carbons (Fsp3) is 0. The molecule has 1 aromatic heterocycles. The molecule has 0 unspecified atom stereocenters. The summed E-state index contributed by atoms with van der Waals surface area (Å²) in [7, 11) is 0. The normalized spacial score (nSPS) is 10.4. The Morgan fingerprint density at radius 1 is 1.17 bits per heavy atom. The molecule has 0 aliphatic rings. The lowest BCUT2D eigenvalue weighted by molar-refractivity contribution is 1.29. The van der Waals surface area contributed by atoms with Gasteiger partial charge in [0.05, 0.1) is 0 Å². The van der Waals surface area contributed by atoms with Crippen LogP contribution in [0.1, 0.15) is 0 Å². The number of nitrogens with one attached hydrogen (secondary N) is 1. The second kappa shape index (κ2) is 2.68. The zero-order valence-corrected chi connectivity index (χ0v) is 7.14. The van der Waals surface area contributed by atoms with Crippen molar-refractivity contribution in [2.45, 2.75) is 4.90 Å². The molecule has 0 saturated carbocycles. The smallest absolute Gasteiger partial charge is 0.248 e. The van der Waals surface area contributed by atoms with Gasteiger partial charge in [0.2, 0.25) is 5.56 Å². The summed E-state index contributed by atoms with van der Waals surface area (Å²) in [6.45, 7) is 0. The maximum atomic E-state index is 10.9. The molecular formula is C9H7NOS. The molecule has 1 heterocycles. The molecule has 3 heteroatoms. The Kier molecular flexibility index (Phi) is 1.66. The molecule has 0 aliphatic carbocycles. The van der Waals surface area contributed by atoms with Gasteiger partial charge in [0.25, 0.3) is 0 Å². The molecular weight excluding hydrogens is 170 g/mol. The highest BCUT2D eigenvalue weighted by Gasteiger charge is 1.93. The van der Waals surface area contributed by atoms with E-state index >= 15 is 0 Å². The molecule has 12 heavy (non-hydrogen) atoms. The van der Waals surface area contributed by atoms with Crippen LogP contribution in [0.4, 0.5) is 0 Å². The molecule has 0 radical (unpaired) electrons. The predicted octanol–water partition coefficient (Wildman–Crippen LogP) is 1.82. The van der Waals surface area contributed by atoms with Gasteiger partial charge in [-0.3, -0.25) is 4.79 Å². The lowest BCUT2D eigenvalue weighted by Gasteiger charge is -1.96. The van der Waals surface area contributed by atoms with Crippen molar-refractivity contribution in [2.24, 2.45) is 0 Å². The van der Waals surface area contributed by atoms with Gasteiger partial charge in [-0.15, -0.1) is 12.6 Å². The van der Waals surface area contributed by atoms with Crippen molar-refractivity contribution < 1.29 is 0 Å². The molecule has 60 valence electrons. The number of benzene rings is 1. The first-order valence-corrected chi connectivity index (χ1v) is 4.02. The zero-order valence-electron chi connectivity index (χ0n) is 6.24. The first kappa shape index (κ1) is 7.43. The lowest BCUT2D eigenvalue weighted by Crippen LogP contribution is -2.01. The summed E-state index contributed by atoms with van der Waals surface area (Å²) >= 11 is 4.17.